The SMILES string of the molecule is C[C@H](CC(=O)N1CCOC1=O)P(=O)(c1ccccc1)c1ccccc1. The Labute approximate surface area is 147 Å². The summed E-state index contributed by atoms with van der Waals surface area (Å²) in [5.41, 5.74) is -0.432. The van der Waals surface area contributed by atoms with Crippen molar-refractivity contribution in [1.82, 2.24) is 4.90 Å². The summed E-state index contributed by atoms with van der Waals surface area (Å²) in [6.45, 7) is 2.28. The molecule has 5 nitrogen and oxygen atoms in total. The zero-order valence-corrected chi connectivity index (χ0v) is 14.9. The van der Waals surface area contributed by atoms with Crippen molar-refractivity contribution < 1.29 is 18.9 Å². The van der Waals surface area contributed by atoms with Gasteiger partial charge in [0.1, 0.15) is 13.7 Å². The van der Waals surface area contributed by atoms with Gasteiger partial charge < -0.3 is 9.30 Å². The zero-order chi connectivity index (χ0) is 17.9. The summed E-state index contributed by atoms with van der Waals surface area (Å²) in [6, 6.07) is 18.4. The summed E-state index contributed by atoms with van der Waals surface area (Å²) in [6.07, 6.45) is -0.595. The van der Waals surface area contributed by atoms with Gasteiger partial charge in [-0.25, -0.2) is 9.69 Å². The summed E-state index contributed by atoms with van der Waals surface area (Å²) in [7, 11) is -3.03. The van der Waals surface area contributed by atoms with E-state index >= 15 is 0 Å². The van der Waals surface area contributed by atoms with Crippen LogP contribution in [0.2, 0.25) is 0 Å². The Morgan fingerprint density at radius 2 is 1.60 bits per heavy atom. The lowest BCUT2D eigenvalue weighted by Crippen LogP contribution is -2.35. The molecule has 0 spiro atoms. The van der Waals surface area contributed by atoms with Crippen molar-refractivity contribution in [2.45, 2.75) is 19.0 Å². The molecule has 2 amide bonds. The summed E-state index contributed by atoms with van der Waals surface area (Å²) in [4.78, 5) is 25.2. The van der Waals surface area contributed by atoms with E-state index in [1.807, 2.05) is 60.7 Å². The van der Waals surface area contributed by atoms with Crippen molar-refractivity contribution >= 4 is 29.8 Å². The first-order valence-electron chi connectivity index (χ1n) is 8.21. The minimum Gasteiger partial charge on any atom is -0.447 e. The van der Waals surface area contributed by atoms with Crippen LogP contribution in [0.15, 0.2) is 60.7 Å². The van der Waals surface area contributed by atoms with Crippen LogP contribution in [-0.2, 0) is 14.1 Å². The smallest absolute Gasteiger partial charge is 0.416 e. The predicted octanol–water partition coefficient (Wildman–Crippen LogP) is 2.76. The topological polar surface area (TPSA) is 63.7 Å². The van der Waals surface area contributed by atoms with Crippen LogP contribution < -0.4 is 10.6 Å². The maximum Gasteiger partial charge on any atom is 0.416 e. The van der Waals surface area contributed by atoms with Crippen LogP contribution in [0.1, 0.15) is 13.3 Å². The molecule has 0 bridgehead atoms. The second-order valence-electron chi connectivity index (χ2n) is 6.04. The average molecular weight is 357 g/mol. The van der Waals surface area contributed by atoms with Gasteiger partial charge in [0.15, 0.2) is 0 Å². The number of carbonyl (C=O) groups is 2. The highest BCUT2D eigenvalue weighted by molar-refractivity contribution is 7.79. The molecule has 0 unspecified atom stereocenters. The number of carbonyl (C=O) groups excluding carboxylic acids is 2. The van der Waals surface area contributed by atoms with Gasteiger partial charge in [-0.05, 0) is 0 Å². The van der Waals surface area contributed by atoms with Crippen LogP contribution in [0.25, 0.3) is 0 Å². The Hall–Kier alpha value is -2.39. The number of benzene rings is 2. The van der Waals surface area contributed by atoms with Crippen molar-refractivity contribution in [2.24, 2.45) is 0 Å². The van der Waals surface area contributed by atoms with Crippen LogP contribution in [0, 0.1) is 0 Å². The Morgan fingerprint density at radius 3 is 2.04 bits per heavy atom. The van der Waals surface area contributed by atoms with Crippen LogP contribution in [0.3, 0.4) is 0 Å². The van der Waals surface area contributed by atoms with Crippen LogP contribution in [-0.4, -0.2) is 35.7 Å². The van der Waals surface area contributed by atoms with Crippen molar-refractivity contribution in [3.8, 4) is 0 Å². The van der Waals surface area contributed by atoms with Crippen molar-refractivity contribution in [1.29, 1.82) is 0 Å². The maximum atomic E-state index is 14.1. The largest absolute Gasteiger partial charge is 0.447 e. The second-order valence-corrected chi connectivity index (χ2v) is 9.27. The molecule has 3 rings (SSSR count). The molecule has 6 heteroatoms. The molecular formula is C19H20NO4P. The monoisotopic (exact) mass is 357 g/mol. The summed E-state index contributed by atoms with van der Waals surface area (Å²) in [5.74, 6) is -0.345. The molecule has 1 aliphatic rings. The van der Waals surface area contributed by atoms with Gasteiger partial charge in [-0.15, -0.1) is 0 Å². The van der Waals surface area contributed by atoms with Crippen molar-refractivity contribution in [3.05, 3.63) is 60.7 Å². The van der Waals surface area contributed by atoms with Crippen LogP contribution in [0.5, 0.6) is 0 Å². The van der Waals surface area contributed by atoms with E-state index < -0.39 is 18.9 Å². The van der Waals surface area contributed by atoms with E-state index in [9.17, 15) is 14.2 Å². The van der Waals surface area contributed by atoms with Gasteiger partial charge in [-0.1, -0.05) is 67.6 Å². The fourth-order valence-electron chi connectivity index (χ4n) is 3.07. The third kappa shape index (κ3) is 3.38. The molecule has 2 aromatic rings. The normalized spacial score (nSPS) is 15.7. The lowest BCUT2D eigenvalue weighted by atomic mass is 10.3. The van der Waals surface area contributed by atoms with E-state index in [4.69, 9.17) is 4.74 Å². The number of cyclic esters (lactones) is 1. The first kappa shape index (κ1) is 17.4. The van der Waals surface area contributed by atoms with Crippen molar-refractivity contribution in [2.75, 3.05) is 13.2 Å². The fraction of sp³-hybridized carbons (Fsp3) is 0.263. The number of nitrogens with zero attached hydrogens (tertiary/aromatic N) is 1. The van der Waals surface area contributed by atoms with Gasteiger partial charge in [0.25, 0.3) is 0 Å². The zero-order valence-electron chi connectivity index (χ0n) is 14.0. The van der Waals surface area contributed by atoms with E-state index in [0.29, 0.717) is 10.6 Å². The van der Waals surface area contributed by atoms with Crippen molar-refractivity contribution in [3.63, 3.8) is 0 Å². The standard InChI is InChI=1S/C19H20NO4P/c1-15(14-18(21)20-12-13-24-19(20)22)25(23,16-8-4-2-5-9-16)17-10-6-3-7-11-17/h2-11,15H,12-14H2,1H3/t15-/m1/s1. The Bertz CT molecular complexity index is 763. The van der Waals surface area contributed by atoms with Gasteiger partial charge in [-0.3, -0.25) is 4.79 Å². The van der Waals surface area contributed by atoms with Crippen LogP contribution >= 0.6 is 7.14 Å². The number of hydrogen-bond acceptors (Lipinski definition) is 4. The van der Waals surface area contributed by atoms with Gasteiger partial charge in [0.2, 0.25) is 5.91 Å². The van der Waals surface area contributed by atoms with Crippen LogP contribution in [0.4, 0.5) is 4.79 Å². The molecule has 1 heterocycles. The highest BCUT2D eigenvalue weighted by Crippen LogP contribution is 2.49. The highest BCUT2D eigenvalue weighted by Gasteiger charge is 2.37. The average Bonchev–Trinajstić information content (AvgIpc) is 3.08. The number of hydrogen-bond donors (Lipinski definition) is 0. The quantitative estimate of drug-likeness (QED) is 0.772. The number of amides is 2. The summed E-state index contributed by atoms with van der Waals surface area (Å²) in [5, 5.41) is 1.43. The third-order valence-corrected chi connectivity index (χ3v) is 7.99. The molecular weight excluding hydrogens is 337 g/mol. The molecule has 0 aliphatic carbocycles. The number of ether oxygens (including phenoxy) is 1. The Kier molecular flexibility index (Phi) is 5.05. The number of imide groups is 1. The molecule has 1 saturated heterocycles. The van der Waals surface area contributed by atoms with E-state index in [1.54, 1.807) is 6.92 Å². The molecule has 130 valence electrons. The summed E-state index contributed by atoms with van der Waals surface area (Å²) >= 11 is 0. The molecule has 0 radical (unpaired) electrons. The lowest BCUT2D eigenvalue weighted by Gasteiger charge is -2.26. The first-order valence-corrected chi connectivity index (χ1v) is 9.99. The molecule has 25 heavy (non-hydrogen) atoms. The predicted molar refractivity (Wildman–Crippen MR) is 96.9 cm³/mol. The molecule has 0 aromatic heterocycles. The highest BCUT2D eigenvalue weighted by atomic mass is 31.2. The van der Waals surface area contributed by atoms with Gasteiger partial charge in [0, 0.05) is 22.7 Å². The van der Waals surface area contributed by atoms with E-state index in [0.717, 1.165) is 4.90 Å². The van der Waals surface area contributed by atoms with E-state index in [2.05, 4.69) is 0 Å². The Balaban J connectivity index is 1.93. The maximum absolute atomic E-state index is 14.1. The minimum absolute atomic E-state index is 0.0240. The van der Waals surface area contributed by atoms with Gasteiger partial charge in [-0.2, -0.15) is 0 Å². The second kappa shape index (κ2) is 7.24. The molecule has 2 aromatic carbocycles. The molecule has 1 atom stereocenters. The molecule has 0 N–H and O–H groups in total. The lowest BCUT2D eigenvalue weighted by molar-refractivity contribution is -0.127. The molecule has 1 fully saturated rings. The first-order chi connectivity index (χ1) is 12.0. The molecule has 1 aliphatic heterocycles. The van der Waals surface area contributed by atoms with E-state index in [1.165, 1.54) is 0 Å². The minimum atomic E-state index is -3.03. The van der Waals surface area contributed by atoms with Gasteiger partial charge in [0.05, 0.1) is 6.54 Å². The van der Waals surface area contributed by atoms with Gasteiger partial charge >= 0.3 is 6.09 Å². The Morgan fingerprint density at radius 1 is 1.08 bits per heavy atom. The summed E-state index contributed by atoms with van der Waals surface area (Å²) < 4.78 is 18.9. The number of rotatable bonds is 5. The van der Waals surface area contributed by atoms with E-state index in [-0.39, 0.29) is 25.5 Å². The fourth-order valence-corrected chi connectivity index (χ4v) is 6.03. The third-order valence-electron chi connectivity index (χ3n) is 4.43. The molecule has 0 saturated carbocycles.